The topological polar surface area (TPSA) is 75.7 Å². The number of carbonyl (C=O) groups is 1. The molecule has 2 aliphatic rings. The Morgan fingerprint density at radius 1 is 1.26 bits per heavy atom. The average Bonchev–Trinajstić information content (AvgIpc) is 2.85. The number of aryl methyl sites for hydroxylation is 1. The molecule has 6 nitrogen and oxygen atoms in total. The SMILES string of the molecule is COC(=O)c1ccc(C)c(S(=O)(=O)N2CCC3CCC(C2)N3)c1. The molecule has 2 aliphatic heterocycles. The molecule has 3 rings (SSSR count). The second kappa shape index (κ2) is 6.22. The Balaban J connectivity index is 1.94. The zero-order valence-electron chi connectivity index (χ0n) is 13.4. The van der Waals surface area contributed by atoms with Gasteiger partial charge < -0.3 is 10.1 Å². The maximum absolute atomic E-state index is 13.0. The minimum Gasteiger partial charge on any atom is -0.465 e. The summed E-state index contributed by atoms with van der Waals surface area (Å²) in [6.07, 6.45) is 2.96. The zero-order valence-corrected chi connectivity index (χ0v) is 14.2. The van der Waals surface area contributed by atoms with Crippen LogP contribution in [0.5, 0.6) is 0 Å². The summed E-state index contributed by atoms with van der Waals surface area (Å²) in [7, 11) is -2.33. The van der Waals surface area contributed by atoms with Crippen LogP contribution in [0.2, 0.25) is 0 Å². The lowest BCUT2D eigenvalue weighted by Gasteiger charge is -2.24. The highest BCUT2D eigenvalue weighted by Gasteiger charge is 2.35. The van der Waals surface area contributed by atoms with Crippen molar-refractivity contribution in [1.29, 1.82) is 0 Å². The molecule has 0 spiro atoms. The molecule has 2 unspecified atom stereocenters. The van der Waals surface area contributed by atoms with Gasteiger partial charge in [0.25, 0.3) is 0 Å². The summed E-state index contributed by atoms with van der Waals surface area (Å²) in [5, 5.41) is 3.48. The van der Waals surface area contributed by atoms with Crippen molar-refractivity contribution < 1.29 is 17.9 Å². The Kier molecular flexibility index (Phi) is 4.44. The van der Waals surface area contributed by atoms with Gasteiger partial charge in [-0.25, -0.2) is 13.2 Å². The molecule has 0 amide bonds. The largest absolute Gasteiger partial charge is 0.465 e. The van der Waals surface area contributed by atoms with Crippen LogP contribution in [0.4, 0.5) is 0 Å². The lowest BCUT2D eigenvalue weighted by molar-refractivity contribution is 0.0600. The fraction of sp³-hybridized carbons (Fsp3) is 0.562. The molecule has 2 bridgehead atoms. The molecule has 126 valence electrons. The number of esters is 1. The van der Waals surface area contributed by atoms with E-state index in [0.717, 1.165) is 19.3 Å². The molecule has 2 heterocycles. The van der Waals surface area contributed by atoms with Gasteiger partial charge in [-0.1, -0.05) is 6.07 Å². The minimum absolute atomic E-state index is 0.193. The Morgan fingerprint density at radius 2 is 2.00 bits per heavy atom. The van der Waals surface area contributed by atoms with Crippen LogP contribution < -0.4 is 5.32 Å². The highest BCUT2D eigenvalue weighted by atomic mass is 32.2. The maximum atomic E-state index is 13.0. The van der Waals surface area contributed by atoms with Gasteiger partial charge in [0.1, 0.15) is 0 Å². The second-order valence-corrected chi connectivity index (χ2v) is 8.17. The normalized spacial score (nSPS) is 25.1. The number of carbonyl (C=O) groups excluding carboxylic acids is 1. The van der Waals surface area contributed by atoms with Gasteiger partial charge in [-0.3, -0.25) is 0 Å². The van der Waals surface area contributed by atoms with Gasteiger partial charge in [0.2, 0.25) is 10.0 Å². The Labute approximate surface area is 136 Å². The van der Waals surface area contributed by atoms with E-state index in [1.54, 1.807) is 23.4 Å². The molecule has 1 aromatic carbocycles. The van der Waals surface area contributed by atoms with E-state index < -0.39 is 16.0 Å². The van der Waals surface area contributed by atoms with Crippen LogP contribution in [-0.4, -0.2) is 51.0 Å². The quantitative estimate of drug-likeness (QED) is 0.841. The van der Waals surface area contributed by atoms with Crippen molar-refractivity contribution in [3.8, 4) is 0 Å². The summed E-state index contributed by atoms with van der Waals surface area (Å²) in [6.45, 7) is 2.75. The van der Waals surface area contributed by atoms with Crippen molar-refractivity contribution in [3.63, 3.8) is 0 Å². The first kappa shape index (κ1) is 16.4. The number of sulfonamides is 1. The number of fused-ring (bicyclic) bond motifs is 2. The highest BCUT2D eigenvalue weighted by molar-refractivity contribution is 7.89. The van der Waals surface area contributed by atoms with Crippen LogP contribution in [0.3, 0.4) is 0 Å². The van der Waals surface area contributed by atoms with Crippen LogP contribution >= 0.6 is 0 Å². The van der Waals surface area contributed by atoms with Gasteiger partial charge in [0, 0.05) is 25.2 Å². The van der Waals surface area contributed by atoms with Crippen LogP contribution in [0, 0.1) is 6.92 Å². The summed E-state index contributed by atoms with van der Waals surface area (Å²) in [5.41, 5.74) is 0.895. The van der Waals surface area contributed by atoms with Crippen molar-refractivity contribution in [2.75, 3.05) is 20.2 Å². The van der Waals surface area contributed by atoms with Crippen molar-refractivity contribution >= 4 is 16.0 Å². The molecule has 0 radical (unpaired) electrons. The monoisotopic (exact) mass is 338 g/mol. The smallest absolute Gasteiger partial charge is 0.337 e. The summed E-state index contributed by atoms with van der Waals surface area (Å²) < 4.78 is 32.3. The third-order valence-corrected chi connectivity index (χ3v) is 6.72. The van der Waals surface area contributed by atoms with Crippen LogP contribution in [-0.2, 0) is 14.8 Å². The van der Waals surface area contributed by atoms with Crippen molar-refractivity contribution in [2.45, 2.75) is 43.2 Å². The molecule has 1 aromatic rings. The number of nitrogens with one attached hydrogen (secondary N) is 1. The van der Waals surface area contributed by atoms with Gasteiger partial charge in [0.15, 0.2) is 0 Å². The minimum atomic E-state index is -3.62. The van der Waals surface area contributed by atoms with Gasteiger partial charge in [-0.15, -0.1) is 0 Å². The average molecular weight is 338 g/mol. The first-order chi connectivity index (χ1) is 10.9. The lowest BCUT2D eigenvalue weighted by atomic mass is 10.1. The molecule has 23 heavy (non-hydrogen) atoms. The van der Waals surface area contributed by atoms with Crippen LogP contribution in [0.15, 0.2) is 23.1 Å². The van der Waals surface area contributed by atoms with Gasteiger partial charge in [0.05, 0.1) is 17.6 Å². The second-order valence-electron chi connectivity index (χ2n) is 6.26. The van der Waals surface area contributed by atoms with E-state index >= 15 is 0 Å². The van der Waals surface area contributed by atoms with Gasteiger partial charge in [-0.2, -0.15) is 4.31 Å². The van der Waals surface area contributed by atoms with Crippen LogP contribution in [0.25, 0.3) is 0 Å². The number of ether oxygens (including phenoxy) is 1. The van der Waals surface area contributed by atoms with Crippen molar-refractivity contribution in [3.05, 3.63) is 29.3 Å². The third kappa shape index (κ3) is 3.13. The Hall–Kier alpha value is -1.44. The summed E-state index contributed by atoms with van der Waals surface area (Å²) in [4.78, 5) is 11.9. The Bertz CT molecular complexity index is 717. The molecule has 1 N–H and O–H groups in total. The molecule has 7 heteroatoms. The summed E-state index contributed by atoms with van der Waals surface area (Å²) in [5.74, 6) is -0.530. The molecule has 0 aromatic heterocycles. The number of nitrogens with zero attached hydrogens (tertiary/aromatic N) is 1. The molecule has 0 saturated carbocycles. The summed E-state index contributed by atoms with van der Waals surface area (Å²) in [6, 6.07) is 5.31. The molecule has 2 saturated heterocycles. The first-order valence-electron chi connectivity index (χ1n) is 7.87. The van der Waals surface area contributed by atoms with E-state index in [-0.39, 0.29) is 16.5 Å². The maximum Gasteiger partial charge on any atom is 0.337 e. The summed E-state index contributed by atoms with van der Waals surface area (Å²) >= 11 is 0. The van der Waals surface area contributed by atoms with Gasteiger partial charge >= 0.3 is 5.97 Å². The van der Waals surface area contributed by atoms with Crippen LogP contribution in [0.1, 0.15) is 35.2 Å². The molecule has 2 atom stereocenters. The van der Waals surface area contributed by atoms with E-state index in [2.05, 4.69) is 5.32 Å². The first-order valence-corrected chi connectivity index (χ1v) is 9.31. The zero-order chi connectivity index (χ0) is 16.6. The standard InChI is InChI=1S/C16H22N2O4S/c1-11-3-4-12(16(19)22-2)9-15(11)23(20,21)18-8-7-13-5-6-14(10-18)17-13/h3-4,9,13-14,17H,5-8,10H2,1-2H3. The molecule has 0 aliphatic carbocycles. The van der Waals surface area contributed by atoms with Gasteiger partial charge in [-0.05, 0) is 43.9 Å². The predicted octanol–water partition coefficient (Wildman–Crippen LogP) is 1.30. The molecular formula is C16H22N2O4S. The number of hydrogen-bond acceptors (Lipinski definition) is 5. The number of rotatable bonds is 3. The third-order valence-electron chi connectivity index (χ3n) is 4.71. The molecular weight excluding hydrogens is 316 g/mol. The Morgan fingerprint density at radius 3 is 2.74 bits per heavy atom. The molecule has 2 fully saturated rings. The fourth-order valence-electron chi connectivity index (χ4n) is 3.39. The van der Waals surface area contributed by atoms with E-state index in [9.17, 15) is 13.2 Å². The van der Waals surface area contributed by atoms with E-state index in [0.29, 0.717) is 24.7 Å². The van der Waals surface area contributed by atoms with E-state index in [4.69, 9.17) is 4.74 Å². The van der Waals surface area contributed by atoms with E-state index in [1.807, 2.05) is 0 Å². The van der Waals surface area contributed by atoms with E-state index in [1.165, 1.54) is 13.2 Å². The number of benzene rings is 1. The van der Waals surface area contributed by atoms with Crippen molar-refractivity contribution in [2.24, 2.45) is 0 Å². The lowest BCUT2D eigenvalue weighted by Crippen LogP contribution is -2.39. The highest BCUT2D eigenvalue weighted by Crippen LogP contribution is 2.27. The van der Waals surface area contributed by atoms with Crippen molar-refractivity contribution in [1.82, 2.24) is 9.62 Å². The predicted molar refractivity (Wildman–Crippen MR) is 85.8 cm³/mol. The number of methoxy groups -OCH3 is 1. The number of hydrogen-bond donors (Lipinski definition) is 1. The fourth-order valence-corrected chi connectivity index (χ4v) is 5.14.